The summed E-state index contributed by atoms with van der Waals surface area (Å²) < 4.78 is 103. The normalized spacial score (nSPS) is 14.6. The molecule has 0 heterocycles. The van der Waals surface area contributed by atoms with Crippen LogP contribution in [-0.2, 0) is 14.2 Å². The largest absolute Gasteiger partial charge is 0.494 e. The third-order valence-corrected chi connectivity index (χ3v) is 1.07. The smallest absolute Gasteiger partial charge is 0.317 e. The summed E-state index contributed by atoms with van der Waals surface area (Å²) in [4.78, 5) is 0. The van der Waals surface area contributed by atoms with Crippen LogP contribution in [0.1, 0.15) is 0 Å². The number of hydrogen-bond donors (Lipinski definition) is 0. The topological polar surface area (TPSA) is 27.7 Å². The van der Waals surface area contributed by atoms with Crippen molar-refractivity contribution in [2.45, 2.75) is 25.1 Å². The highest BCUT2D eigenvalue weighted by Gasteiger charge is 2.64. The molecular formula is C5H4F8O3. The van der Waals surface area contributed by atoms with Crippen LogP contribution in [-0.4, -0.2) is 32.2 Å². The van der Waals surface area contributed by atoms with E-state index in [1.807, 2.05) is 0 Å². The van der Waals surface area contributed by atoms with E-state index in [-0.39, 0.29) is 7.11 Å². The molecule has 0 N–H and O–H groups in total. The maximum atomic E-state index is 12.2. The molecule has 11 heteroatoms. The summed E-state index contributed by atoms with van der Waals surface area (Å²) in [6.07, 6.45) is -16.9. The first-order valence-electron chi connectivity index (χ1n) is 3.28. The van der Waals surface area contributed by atoms with Gasteiger partial charge in [-0.05, 0) is 0 Å². The molecule has 0 fully saturated rings. The van der Waals surface area contributed by atoms with Crippen molar-refractivity contribution in [2.24, 2.45) is 0 Å². The Morgan fingerprint density at radius 2 is 1.31 bits per heavy atom. The number of ether oxygens (including phenoxy) is 3. The minimum absolute atomic E-state index is 0.0728. The van der Waals surface area contributed by atoms with Crippen LogP contribution in [0.5, 0.6) is 0 Å². The van der Waals surface area contributed by atoms with E-state index in [9.17, 15) is 35.1 Å². The van der Waals surface area contributed by atoms with Crippen LogP contribution in [0.2, 0.25) is 0 Å². The number of halogens is 8. The Morgan fingerprint density at radius 3 is 1.62 bits per heavy atom. The third-order valence-electron chi connectivity index (χ3n) is 1.07. The SMILES string of the molecule is COC(F)(F)C(F)(F)OC(F)(F)OC(F)F. The van der Waals surface area contributed by atoms with E-state index in [2.05, 4.69) is 14.2 Å². The zero-order valence-electron chi connectivity index (χ0n) is 7.33. The molecule has 0 saturated heterocycles. The van der Waals surface area contributed by atoms with E-state index < -0.39 is 25.1 Å². The minimum atomic E-state index is -5.85. The molecule has 98 valence electrons. The Hall–Kier alpha value is -0.680. The van der Waals surface area contributed by atoms with Gasteiger partial charge < -0.3 is 4.74 Å². The van der Waals surface area contributed by atoms with Crippen molar-refractivity contribution >= 4 is 0 Å². The van der Waals surface area contributed by atoms with Gasteiger partial charge in [0.2, 0.25) is 0 Å². The first-order chi connectivity index (χ1) is 6.93. The average Bonchev–Trinajstić information content (AvgIpc) is 1.98. The van der Waals surface area contributed by atoms with Crippen molar-refractivity contribution in [1.29, 1.82) is 0 Å². The zero-order valence-corrected chi connectivity index (χ0v) is 7.33. The van der Waals surface area contributed by atoms with E-state index >= 15 is 0 Å². The Labute approximate surface area is 82.9 Å². The lowest BCUT2D eigenvalue weighted by molar-refractivity contribution is -0.538. The second-order valence-corrected chi connectivity index (χ2v) is 2.18. The average molecular weight is 264 g/mol. The van der Waals surface area contributed by atoms with Gasteiger partial charge >= 0.3 is 25.1 Å². The fourth-order valence-electron chi connectivity index (χ4n) is 0.455. The molecule has 0 atom stereocenters. The number of methoxy groups -OCH3 is 1. The summed E-state index contributed by atoms with van der Waals surface area (Å²) >= 11 is 0. The van der Waals surface area contributed by atoms with Gasteiger partial charge in [0.25, 0.3) is 0 Å². The molecule has 0 amide bonds. The second kappa shape index (κ2) is 4.67. The molecule has 16 heavy (non-hydrogen) atoms. The molecular weight excluding hydrogens is 260 g/mol. The van der Waals surface area contributed by atoms with Crippen molar-refractivity contribution in [3.8, 4) is 0 Å². The molecule has 0 aliphatic rings. The quantitative estimate of drug-likeness (QED) is 0.545. The maximum Gasteiger partial charge on any atom is 0.494 e. The minimum Gasteiger partial charge on any atom is -0.317 e. The fraction of sp³-hybridized carbons (Fsp3) is 1.00. The highest BCUT2D eigenvalue weighted by molar-refractivity contribution is 4.66. The summed E-state index contributed by atoms with van der Waals surface area (Å²) in [5.41, 5.74) is 0. The molecule has 3 nitrogen and oxygen atoms in total. The molecule has 0 spiro atoms. The van der Waals surface area contributed by atoms with Crippen molar-refractivity contribution < 1.29 is 49.3 Å². The van der Waals surface area contributed by atoms with Gasteiger partial charge in [-0.1, -0.05) is 0 Å². The Bertz CT molecular complexity index is 230. The zero-order chi connectivity index (χ0) is 13.2. The van der Waals surface area contributed by atoms with Crippen molar-refractivity contribution in [3.05, 3.63) is 0 Å². The van der Waals surface area contributed by atoms with Gasteiger partial charge in [-0.25, -0.2) is 9.47 Å². The number of alkyl halides is 8. The lowest BCUT2D eigenvalue weighted by Gasteiger charge is -2.27. The molecule has 0 saturated carbocycles. The molecule has 0 aliphatic carbocycles. The van der Waals surface area contributed by atoms with Gasteiger partial charge in [0.05, 0.1) is 0 Å². The van der Waals surface area contributed by atoms with Crippen molar-refractivity contribution in [1.82, 2.24) is 0 Å². The highest BCUT2D eigenvalue weighted by atomic mass is 19.3. The molecule has 0 bridgehead atoms. The maximum absolute atomic E-state index is 12.2. The molecule has 0 rings (SSSR count). The van der Waals surface area contributed by atoms with Gasteiger partial charge in [-0.15, -0.1) is 8.78 Å². The van der Waals surface area contributed by atoms with Crippen LogP contribution in [0.4, 0.5) is 35.1 Å². The van der Waals surface area contributed by atoms with Crippen LogP contribution in [0, 0.1) is 0 Å². The van der Waals surface area contributed by atoms with Crippen LogP contribution < -0.4 is 0 Å². The summed E-state index contributed by atoms with van der Waals surface area (Å²) in [5.74, 6) is 0. The Balaban J connectivity index is 4.69. The third kappa shape index (κ3) is 4.06. The predicted octanol–water partition coefficient (Wildman–Crippen LogP) is 2.62. The standard InChI is InChI=1S/C5H4F8O3/c1-14-3(8,9)4(10,11)16-5(12,13)15-2(6)7/h2H,1H3. The van der Waals surface area contributed by atoms with Crippen molar-refractivity contribution in [2.75, 3.05) is 7.11 Å². The van der Waals surface area contributed by atoms with Crippen molar-refractivity contribution in [3.63, 3.8) is 0 Å². The summed E-state index contributed by atoms with van der Waals surface area (Å²) in [7, 11) is 0.0728. The van der Waals surface area contributed by atoms with Gasteiger partial charge in [0.15, 0.2) is 0 Å². The fourth-order valence-corrected chi connectivity index (χ4v) is 0.455. The summed E-state index contributed by atoms with van der Waals surface area (Å²) in [5, 5.41) is 0. The highest BCUT2D eigenvalue weighted by Crippen LogP contribution is 2.40. The van der Waals surface area contributed by atoms with Crippen LogP contribution in [0.15, 0.2) is 0 Å². The van der Waals surface area contributed by atoms with E-state index in [1.54, 1.807) is 0 Å². The van der Waals surface area contributed by atoms with Crippen LogP contribution >= 0.6 is 0 Å². The van der Waals surface area contributed by atoms with Gasteiger partial charge in [0, 0.05) is 7.11 Å². The molecule has 0 aliphatic heterocycles. The number of rotatable bonds is 6. The van der Waals surface area contributed by atoms with Gasteiger partial charge in [-0.3, -0.25) is 0 Å². The number of hydrogen-bond acceptors (Lipinski definition) is 3. The Morgan fingerprint density at radius 1 is 0.875 bits per heavy atom. The lowest BCUT2D eigenvalue weighted by Crippen LogP contribution is -2.49. The predicted molar refractivity (Wildman–Crippen MR) is 30.0 cm³/mol. The summed E-state index contributed by atoms with van der Waals surface area (Å²) in [6.45, 7) is -4.19. The van der Waals surface area contributed by atoms with Crippen LogP contribution in [0.25, 0.3) is 0 Å². The molecule has 0 aromatic rings. The first-order valence-corrected chi connectivity index (χ1v) is 3.28. The Kier molecular flexibility index (Phi) is 4.47. The van der Waals surface area contributed by atoms with Crippen LogP contribution in [0.3, 0.4) is 0 Å². The summed E-state index contributed by atoms with van der Waals surface area (Å²) in [6, 6.07) is 0. The van der Waals surface area contributed by atoms with E-state index in [0.717, 1.165) is 0 Å². The molecule has 0 aromatic carbocycles. The second-order valence-electron chi connectivity index (χ2n) is 2.18. The molecule has 0 unspecified atom stereocenters. The molecule has 0 radical (unpaired) electrons. The molecule has 0 aromatic heterocycles. The van der Waals surface area contributed by atoms with E-state index in [1.165, 1.54) is 0 Å². The monoisotopic (exact) mass is 264 g/mol. The lowest BCUT2D eigenvalue weighted by atomic mass is 10.6. The van der Waals surface area contributed by atoms with E-state index in [0.29, 0.717) is 0 Å². The van der Waals surface area contributed by atoms with Gasteiger partial charge in [0.1, 0.15) is 0 Å². The van der Waals surface area contributed by atoms with E-state index in [4.69, 9.17) is 0 Å². The van der Waals surface area contributed by atoms with Gasteiger partial charge in [-0.2, -0.15) is 26.3 Å². The first kappa shape index (κ1) is 15.3.